The highest BCUT2D eigenvalue weighted by atomic mass is 79.9. The number of ether oxygens (including phenoxy) is 3. The van der Waals surface area contributed by atoms with Crippen LogP contribution in [0.3, 0.4) is 0 Å². The zero-order valence-corrected chi connectivity index (χ0v) is 20.8. The lowest BCUT2D eigenvalue weighted by Gasteiger charge is -2.18. The number of nitrogens with zero attached hydrogens (tertiary/aromatic N) is 1. The molecule has 1 aliphatic heterocycles. The molecule has 0 radical (unpaired) electrons. The highest BCUT2D eigenvalue weighted by Gasteiger charge is 2.41. The van der Waals surface area contributed by atoms with Crippen LogP contribution in [0.1, 0.15) is 28.4 Å². The third-order valence-corrected chi connectivity index (χ3v) is 6.36. The minimum atomic E-state index is -1.04. The minimum absolute atomic E-state index is 0.155. The van der Waals surface area contributed by atoms with E-state index < -0.39 is 29.1 Å². The molecule has 34 heavy (non-hydrogen) atoms. The van der Waals surface area contributed by atoms with E-state index in [-0.39, 0.29) is 17.1 Å². The van der Waals surface area contributed by atoms with Gasteiger partial charge in [0.05, 0.1) is 29.2 Å². The van der Waals surface area contributed by atoms with Gasteiger partial charge in [-0.1, -0.05) is 12.1 Å². The molecule has 9 nitrogen and oxygen atoms in total. The number of methoxy groups -OCH3 is 2. The summed E-state index contributed by atoms with van der Waals surface area (Å²) in [4.78, 5) is 48.8. The Balaban J connectivity index is 1.81. The summed E-state index contributed by atoms with van der Waals surface area (Å²) in [6.45, 7) is 1.59. The predicted octanol–water partition coefficient (Wildman–Crippen LogP) is 4.33. The Hall–Kier alpha value is -3.31. The molecule has 2 amide bonds. The van der Waals surface area contributed by atoms with Gasteiger partial charge in [-0.05, 0) is 76.1 Å². The van der Waals surface area contributed by atoms with Gasteiger partial charge in [-0.2, -0.15) is 0 Å². The number of hydrogen-bond donors (Lipinski definition) is 1. The van der Waals surface area contributed by atoms with Crippen LogP contribution < -0.4 is 9.47 Å². The van der Waals surface area contributed by atoms with Gasteiger partial charge in [0.25, 0.3) is 11.1 Å². The van der Waals surface area contributed by atoms with Crippen molar-refractivity contribution in [1.29, 1.82) is 0 Å². The molecular formula is C23H20BrNO8S. The number of thioether (sulfide) groups is 1. The lowest BCUT2D eigenvalue weighted by Crippen LogP contribution is -2.42. The van der Waals surface area contributed by atoms with E-state index in [9.17, 15) is 19.2 Å². The van der Waals surface area contributed by atoms with Crippen LogP contribution in [0.4, 0.5) is 4.79 Å². The second-order valence-electron chi connectivity index (χ2n) is 7.08. The molecule has 0 spiro atoms. The number of hydrogen-bond acceptors (Lipinski definition) is 8. The third-order valence-electron chi connectivity index (χ3n) is 4.89. The zero-order chi connectivity index (χ0) is 25.0. The Morgan fingerprint density at radius 3 is 2.44 bits per heavy atom. The summed E-state index contributed by atoms with van der Waals surface area (Å²) in [5.74, 6) is -1.50. The van der Waals surface area contributed by atoms with Crippen LogP contribution in [0.25, 0.3) is 6.08 Å². The normalized spacial score (nSPS) is 15.4. The predicted molar refractivity (Wildman–Crippen MR) is 128 cm³/mol. The van der Waals surface area contributed by atoms with Crippen molar-refractivity contribution >= 4 is 56.9 Å². The second kappa shape index (κ2) is 10.7. The van der Waals surface area contributed by atoms with Gasteiger partial charge in [-0.25, -0.2) is 9.59 Å². The van der Waals surface area contributed by atoms with Gasteiger partial charge in [0.2, 0.25) is 0 Å². The standard InChI is InChI=1S/C23H20BrNO8S/c1-12(22(29)32-3)25-20(26)18(34-23(25)30)10-14-8-16(24)19(17(9-14)31-2)33-11-13-4-6-15(7-5-13)21(27)28/h4-10,12H,11H2,1-3H3,(H,27,28)/b18-10+/t12-/m0/s1. The number of aromatic carboxylic acids is 1. The maximum Gasteiger partial charge on any atom is 0.335 e. The number of imide groups is 1. The van der Waals surface area contributed by atoms with E-state index in [4.69, 9.17) is 14.6 Å². The number of esters is 1. The number of benzene rings is 2. The molecule has 0 unspecified atom stereocenters. The van der Waals surface area contributed by atoms with Crippen molar-refractivity contribution in [2.24, 2.45) is 0 Å². The number of carbonyl (C=O) groups is 4. The summed E-state index contributed by atoms with van der Waals surface area (Å²) in [5.41, 5.74) is 1.51. The van der Waals surface area contributed by atoms with Crippen molar-refractivity contribution in [2.45, 2.75) is 19.6 Å². The fraction of sp³-hybridized carbons (Fsp3) is 0.217. The molecule has 1 heterocycles. The van der Waals surface area contributed by atoms with E-state index in [0.29, 0.717) is 21.5 Å². The van der Waals surface area contributed by atoms with Crippen LogP contribution >= 0.6 is 27.7 Å². The van der Waals surface area contributed by atoms with Crippen molar-refractivity contribution in [3.8, 4) is 11.5 Å². The quantitative estimate of drug-likeness (QED) is 0.378. The number of amides is 2. The minimum Gasteiger partial charge on any atom is -0.493 e. The molecule has 1 aliphatic rings. The Morgan fingerprint density at radius 2 is 1.85 bits per heavy atom. The molecule has 1 atom stereocenters. The van der Waals surface area contributed by atoms with Gasteiger partial charge in [0.15, 0.2) is 11.5 Å². The Morgan fingerprint density at radius 1 is 1.18 bits per heavy atom. The zero-order valence-electron chi connectivity index (χ0n) is 18.4. The number of carboxylic acids is 1. The molecule has 1 fully saturated rings. The molecule has 11 heteroatoms. The summed E-state index contributed by atoms with van der Waals surface area (Å²) in [7, 11) is 2.65. The smallest absolute Gasteiger partial charge is 0.335 e. The van der Waals surface area contributed by atoms with Crippen molar-refractivity contribution in [1.82, 2.24) is 4.90 Å². The molecule has 0 saturated carbocycles. The molecule has 1 N–H and O–H groups in total. The van der Waals surface area contributed by atoms with Crippen molar-refractivity contribution in [2.75, 3.05) is 14.2 Å². The fourth-order valence-electron chi connectivity index (χ4n) is 3.10. The fourth-order valence-corrected chi connectivity index (χ4v) is 4.59. The first-order valence-electron chi connectivity index (χ1n) is 9.83. The van der Waals surface area contributed by atoms with E-state index >= 15 is 0 Å². The van der Waals surface area contributed by atoms with Crippen molar-refractivity contribution < 1.29 is 38.5 Å². The summed E-state index contributed by atoms with van der Waals surface area (Å²) in [6, 6.07) is 8.60. The lowest BCUT2D eigenvalue weighted by atomic mass is 10.1. The van der Waals surface area contributed by atoms with Gasteiger partial charge < -0.3 is 19.3 Å². The number of carboxylic acid groups (broad SMARTS) is 1. The van der Waals surface area contributed by atoms with Crippen LogP contribution in [-0.2, 0) is 20.9 Å². The van der Waals surface area contributed by atoms with E-state index in [1.807, 2.05) is 0 Å². The first-order valence-corrected chi connectivity index (χ1v) is 11.4. The maximum atomic E-state index is 12.7. The highest BCUT2D eigenvalue weighted by Crippen LogP contribution is 2.40. The average Bonchev–Trinajstić information content (AvgIpc) is 3.09. The number of halogens is 1. The summed E-state index contributed by atoms with van der Waals surface area (Å²) >= 11 is 4.17. The molecule has 178 valence electrons. The van der Waals surface area contributed by atoms with E-state index in [1.54, 1.807) is 24.3 Å². The monoisotopic (exact) mass is 549 g/mol. The molecule has 2 aromatic rings. The summed E-state index contributed by atoms with van der Waals surface area (Å²) in [6.07, 6.45) is 1.52. The number of carbonyl (C=O) groups excluding carboxylic acids is 3. The van der Waals surface area contributed by atoms with Gasteiger partial charge >= 0.3 is 11.9 Å². The van der Waals surface area contributed by atoms with Crippen LogP contribution in [0.15, 0.2) is 45.8 Å². The van der Waals surface area contributed by atoms with Gasteiger partial charge in [-0.15, -0.1) is 0 Å². The van der Waals surface area contributed by atoms with Gasteiger partial charge in [-0.3, -0.25) is 14.5 Å². The van der Waals surface area contributed by atoms with Crippen LogP contribution in [0.2, 0.25) is 0 Å². The highest BCUT2D eigenvalue weighted by molar-refractivity contribution is 9.10. The number of rotatable bonds is 8. The Bertz CT molecular complexity index is 1180. The van der Waals surface area contributed by atoms with Gasteiger partial charge in [0, 0.05) is 0 Å². The average molecular weight is 550 g/mol. The Kier molecular flexibility index (Phi) is 8.00. The molecule has 1 saturated heterocycles. The molecule has 3 rings (SSSR count). The first kappa shape index (κ1) is 25.3. The molecule has 0 aromatic heterocycles. The topological polar surface area (TPSA) is 119 Å². The maximum absolute atomic E-state index is 12.7. The molecule has 0 aliphatic carbocycles. The van der Waals surface area contributed by atoms with Crippen LogP contribution in [0, 0.1) is 0 Å². The lowest BCUT2D eigenvalue weighted by molar-refractivity contribution is -0.148. The molecular weight excluding hydrogens is 530 g/mol. The summed E-state index contributed by atoms with van der Waals surface area (Å²) < 4.78 is 16.5. The SMILES string of the molecule is COC(=O)[C@H](C)N1C(=O)S/C(=C/c2cc(Br)c(OCc3ccc(C(=O)O)cc3)c(OC)c2)C1=O. The third kappa shape index (κ3) is 5.42. The largest absolute Gasteiger partial charge is 0.493 e. The summed E-state index contributed by atoms with van der Waals surface area (Å²) in [5, 5.41) is 8.44. The Labute approximate surface area is 207 Å². The second-order valence-corrected chi connectivity index (χ2v) is 8.92. The van der Waals surface area contributed by atoms with Crippen LogP contribution in [-0.4, -0.2) is 53.4 Å². The van der Waals surface area contributed by atoms with Crippen LogP contribution in [0.5, 0.6) is 11.5 Å². The first-order chi connectivity index (χ1) is 16.2. The molecule has 0 bridgehead atoms. The van der Waals surface area contributed by atoms with E-state index in [2.05, 4.69) is 20.7 Å². The molecule has 2 aromatic carbocycles. The van der Waals surface area contributed by atoms with Crippen molar-refractivity contribution in [3.05, 3.63) is 62.5 Å². The van der Waals surface area contributed by atoms with E-state index in [0.717, 1.165) is 22.2 Å². The van der Waals surface area contributed by atoms with Crippen molar-refractivity contribution in [3.63, 3.8) is 0 Å². The van der Waals surface area contributed by atoms with Gasteiger partial charge in [0.1, 0.15) is 12.6 Å². The van der Waals surface area contributed by atoms with E-state index in [1.165, 1.54) is 39.4 Å².